The summed E-state index contributed by atoms with van der Waals surface area (Å²) in [6.45, 7) is 0. The Morgan fingerprint density at radius 1 is 0.165 bits per heavy atom. The van der Waals surface area contributed by atoms with Crippen molar-refractivity contribution in [1.82, 2.24) is 0 Å². The van der Waals surface area contributed by atoms with Crippen LogP contribution in [0.25, 0.3) is 0 Å². The molecule has 30 heterocycles. The number of carboxylic acid groups (broad SMARTS) is 9. The van der Waals surface area contributed by atoms with Gasteiger partial charge >= 0.3 is 53.7 Å². The normalized spacial score (nSPS) is 40.4. The molecule has 49 nitrogen and oxygen atoms in total. The first-order chi connectivity index (χ1) is 63.1. The minimum Gasteiger partial charge on any atom is -0.481 e. The second-order valence-electron chi connectivity index (χ2n) is 31.7. The van der Waals surface area contributed by atoms with Gasteiger partial charge in [-0.15, -0.1) is 0 Å². The maximum absolute atomic E-state index is 12.8. The lowest BCUT2D eigenvalue weighted by Crippen LogP contribution is -2.68. The Morgan fingerprint density at radius 3 is 0.444 bits per heavy atom. The fourth-order valence-electron chi connectivity index (χ4n) is 15.1. The molecule has 0 amide bonds. The Balaban J connectivity index is 1.14. The fourth-order valence-corrected chi connectivity index (χ4v) is 24.3. The topological polar surface area (TPSA) is 787 Å². The van der Waals surface area contributed by atoms with E-state index in [1.54, 1.807) is 0 Å². The van der Waals surface area contributed by atoms with E-state index in [4.69, 9.17) is 75.8 Å². The van der Waals surface area contributed by atoms with Crippen molar-refractivity contribution in [2.45, 2.75) is 303 Å². The molecule has 40 atom stereocenters. The standard InChI is InChI=1S/C75H116O49S9/c76-35(77)1-10-125-19-27-59-44(94)51(101)68(109-27)118-60-28(20-126-11-2-36(78)79)111-70(53(103)46(60)96)120-62-30(22-128-13-4-38(82)83)113-72(55(105)48(62)98)122-64-32(24-130-15-6-40(86)87)115-74(57(107)50(64)100)124-66-34(26-132-17-8-42(90)91)116-75(58(108)67(66)133-18-9-43(92)93)123-65-33(25-131-16-7-41(88)89)114-73(56(106)49(65)99)121-63-31(23-129-14-5-39(84)85)112-71(54(104)47(63)97)119-61-29(21-127-12-3-37(80)81)110-69(117-59)52(102)45(61)95/h27-34,44-75,94-108H,1-26H2,(H,76,77)(H,78,79)(H,80,81)(H,82,83)(H,84,85)(H,86,87)(H,88,89)(H,90,91)(H,92,93)/t27-,28+,29-,30+,31-,32+,33-,34+,44?,45+,46?,47?,48?,49+,50?,51-,52-,53+,54-,55+,56-,57+,58+,59-,60?,61-,62+,63-,64+,65-,66+,67?,68?,69-,70+,71?,72?,73-,74?,75+/m0/s1. The fraction of sp³-hybridized carbons (Fsp3) is 0.880. The van der Waals surface area contributed by atoms with Crippen LogP contribution < -0.4 is 0 Å². The van der Waals surface area contributed by atoms with E-state index in [0.29, 0.717) is 11.8 Å². The van der Waals surface area contributed by atoms with Crippen LogP contribution in [-0.4, -0.2) is 519 Å². The molecule has 30 rings (SSSR count). The summed E-state index contributed by atoms with van der Waals surface area (Å²) in [5.74, 6) is -16.2. The molecule has 0 aromatic carbocycles. The number of aliphatic carboxylic acids is 9. The van der Waals surface area contributed by atoms with Gasteiger partial charge in [-0.05, 0) is 0 Å². The molecule has 30 fully saturated rings. The zero-order valence-corrected chi connectivity index (χ0v) is 77.9. The van der Waals surface area contributed by atoms with E-state index >= 15 is 0 Å². The number of carboxylic acids is 9. The van der Waals surface area contributed by atoms with Crippen LogP contribution in [0.2, 0.25) is 0 Å². The predicted octanol–water partition coefficient (Wildman–Crippen LogP) is -6.47. The maximum Gasteiger partial charge on any atom is 0.304 e. The Hall–Kier alpha value is -2.86. The maximum atomic E-state index is 12.8. The third-order valence-electron chi connectivity index (χ3n) is 22.0. The number of thioether (sulfide) groups is 9. The van der Waals surface area contributed by atoms with E-state index in [-0.39, 0.29) is 74.8 Å². The van der Waals surface area contributed by atoms with E-state index in [1.165, 1.54) is 0 Å². The molecule has 0 aromatic heterocycles. The van der Waals surface area contributed by atoms with Crippen LogP contribution in [0.5, 0.6) is 0 Å². The van der Waals surface area contributed by atoms with Crippen molar-refractivity contribution in [3.8, 4) is 0 Å². The number of aliphatic hydroxyl groups is 15. The average Bonchev–Trinajstić information content (AvgIpc) is 0.777. The van der Waals surface area contributed by atoms with Crippen LogP contribution in [0.15, 0.2) is 0 Å². The minimum atomic E-state index is -2.34. The summed E-state index contributed by atoms with van der Waals surface area (Å²) in [4.78, 5) is 107. The molecule has 16 bridgehead atoms. The van der Waals surface area contributed by atoms with Crippen molar-refractivity contribution < 1.29 is 241 Å². The van der Waals surface area contributed by atoms with E-state index < -0.39 is 379 Å². The molecule has 24 N–H and O–H groups in total. The zero-order chi connectivity index (χ0) is 97.4. The van der Waals surface area contributed by atoms with Crippen molar-refractivity contribution in [3.63, 3.8) is 0 Å². The monoisotopic (exact) mass is 2090 g/mol. The summed E-state index contributed by atoms with van der Waals surface area (Å²) in [6, 6.07) is 0. The molecular weight excluding hydrogens is 1970 g/mol. The second-order valence-corrected chi connectivity index (χ2v) is 42.2. The molecule has 0 saturated carbocycles. The molecule has 30 aliphatic rings. The van der Waals surface area contributed by atoms with Crippen LogP contribution in [0.3, 0.4) is 0 Å². The first-order valence-corrected chi connectivity index (χ1v) is 52.3. The molecule has 0 spiro atoms. The van der Waals surface area contributed by atoms with Crippen LogP contribution in [0.1, 0.15) is 57.8 Å². The molecule has 11 unspecified atom stereocenters. The van der Waals surface area contributed by atoms with Gasteiger partial charge in [0.2, 0.25) is 0 Å². The number of carbonyl (C=O) groups is 9. The lowest BCUT2D eigenvalue weighted by atomic mass is 9.95. The van der Waals surface area contributed by atoms with Crippen LogP contribution >= 0.6 is 106 Å². The molecule has 30 saturated heterocycles. The summed E-state index contributed by atoms with van der Waals surface area (Å²) in [6.07, 6.45) is -84.1. The number of hydrogen-bond acceptors (Lipinski definition) is 49. The van der Waals surface area contributed by atoms with Gasteiger partial charge in [0, 0.05) is 97.8 Å². The van der Waals surface area contributed by atoms with Crippen molar-refractivity contribution >= 4 is 160 Å². The van der Waals surface area contributed by atoms with Gasteiger partial charge < -0.3 is 198 Å². The molecule has 30 aliphatic heterocycles. The summed E-state index contributed by atoms with van der Waals surface area (Å²) in [5, 5.41) is 271. The average molecular weight is 2090 g/mol. The van der Waals surface area contributed by atoms with Gasteiger partial charge in [-0.1, -0.05) is 0 Å². The van der Waals surface area contributed by atoms with Crippen LogP contribution in [0.4, 0.5) is 0 Å². The molecule has 764 valence electrons. The predicted molar refractivity (Wildman–Crippen MR) is 463 cm³/mol. The number of ether oxygens (including phenoxy) is 16. The molecule has 0 aliphatic carbocycles. The Bertz CT molecular complexity index is 3530. The SMILES string of the molecule is O=C(O)CCSC[C@@H]1O[C@H]2O[C@@H]3C(O)[C@H](O)C(OC4C(O)[C@@H](O)[C@H](O[C@@H]4CSCCC(=O)O)O[C@H]4C(O)[C@@H](O)C(O[C@@H]4CSCCC(=O)O)O[C@H]4C(O)[C@@H](O)C(O[C@@H]4CSCCC(=O)O)O[C@H]4C(SCCC(=O)O)[C@@H](O)[C@@H](O[C@@H]5[C@H](O)[C@H](O)[C@@H](O[C@H]5CSCCC(=O)O)O[C@@H]5C(O)[C@H](O)C(O[C@@H]1[C@H](O)[C@@H]2O)O[C@H]5CSCCC(=O)O)O[C@@H]4CSCCC(=O)O)O[C@H]3CSCCC(=O)O. The molecule has 0 aromatic rings. The first kappa shape index (κ1) is 114. The van der Waals surface area contributed by atoms with Crippen LogP contribution in [-0.2, 0) is 119 Å². The van der Waals surface area contributed by atoms with Crippen molar-refractivity contribution in [3.05, 3.63) is 0 Å². The van der Waals surface area contributed by atoms with Gasteiger partial charge in [-0.2, -0.15) is 106 Å². The molecular formula is C75H116O49S9. The highest BCUT2D eigenvalue weighted by molar-refractivity contribution is 8.01. The van der Waals surface area contributed by atoms with Gasteiger partial charge in [0.15, 0.2) is 50.3 Å². The largest absolute Gasteiger partial charge is 0.481 e. The van der Waals surface area contributed by atoms with Gasteiger partial charge in [-0.25, -0.2) is 0 Å². The second kappa shape index (κ2) is 55.7. The van der Waals surface area contributed by atoms with E-state index in [1.807, 2.05) is 0 Å². The van der Waals surface area contributed by atoms with Crippen LogP contribution in [0, 0.1) is 0 Å². The minimum absolute atomic E-state index is 0.158. The Kier molecular flexibility index (Phi) is 47.6. The quantitative estimate of drug-likeness (QED) is 0.0252. The van der Waals surface area contributed by atoms with Gasteiger partial charge in [0.25, 0.3) is 0 Å². The zero-order valence-electron chi connectivity index (χ0n) is 70.6. The smallest absolute Gasteiger partial charge is 0.304 e. The Labute approximate surface area is 796 Å². The summed E-state index contributed by atoms with van der Waals surface area (Å²) >= 11 is 7.77. The third-order valence-corrected chi connectivity index (χ3v) is 31.8. The van der Waals surface area contributed by atoms with Crippen molar-refractivity contribution in [1.29, 1.82) is 0 Å². The van der Waals surface area contributed by atoms with Crippen molar-refractivity contribution in [2.24, 2.45) is 0 Å². The van der Waals surface area contributed by atoms with E-state index in [2.05, 4.69) is 0 Å². The number of hydrogen-bond donors (Lipinski definition) is 24. The number of rotatable bonds is 44. The first-order valence-electron chi connectivity index (χ1n) is 42.0. The molecule has 133 heavy (non-hydrogen) atoms. The lowest BCUT2D eigenvalue weighted by Gasteiger charge is -2.51. The molecule has 58 heteroatoms. The van der Waals surface area contributed by atoms with E-state index in [0.717, 1.165) is 94.1 Å². The third kappa shape index (κ3) is 33.1. The summed E-state index contributed by atoms with van der Waals surface area (Å²) in [5.41, 5.74) is 0. The molecule has 0 radical (unpaired) electrons. The summed E-state index contributed by atoms with van der Waals surface area (Å²) < 4.78 is 102. The highest BCUT2D eigenvalue weighted by Gasteiger charge is 2.61. The van der Waals surface area contributed by atoms with E-state index in [9.17, 15) is 166 Å². The Morgan fingerprint density at radius 2 is 0.293 bits per heavy atom. The van der Waals surface area contributed by atoms with Crippen molar-refractivity contribution in [2.75, 3.05) is 97.8 Å². The number of aliphatic hydroxyl groups excluding tert-OH is 15. The van der Waals surface area contributed by atoms with Gasteiger partial charge in [0.05, 0.1) is 112 Å². The highest BCUT2D eigenvalue weighted by atomic mass is 32.2. The van der Waals surface area contributed by atoms with Gasteiger partial charge in [-0.3, -0.25) is 43.2 Å². The summed E-state index contributed by atoms with van der Waals surface area (Å²) in [7, 11) is 0. The highest BCUT2D eigenvalue weighted by Crippen LogP contribution is 2.44. The van der Waals surface area contributed by atoms with Gasteiger partial charge in [0.1, 0.15) is 140 Å². The lowest BCUT2D eigenvalue weighted by molar-refractivity contribution is -0.393.